The van der Waals surface area contributed by atoms with Gasteiger partial charge < -0.3 is 25.0 Å². The van der Waals surface area contributed by atoms with Gasteiger partial charge in [0.1, 0.15) is 11.6 Å². The lowest BCUT2D eigenvalue weighted by molar-refractivity contribution is -0.145. The van der Waals surface area contributed by atoms with E-state index in [2.05, 4.69) is 10.6 Å². The van der Waals surface area contributed by atoms with Gasteiger partial charge in [0.05, 0.1) is 11.9 Å². The molecular formula is C18H33N3O6S2. The lowest BCUT2D eigenvalue weighted by Crippen LogP contribution is -2.52. The van der Waals surface area contributed by atoms with Crippen LogP contribution >= 0.6 is 21.6 Å². The highest BCUT2D eigenvalue weighted by atomic mass is 33.1. The zero-order valence-corrected chi connectivity index (χ0v) is 20.0. The fraction of sp³-hybridized carbons (Fsp3) is 0.778. The van der Waals surface area contributed by atoms with E-state index in [9.17, 15) is 19.2 Å². The molecule has 0 spiro atoms. The third-order valence-electron chi connectivity index (χ3n) is 3.46. The molecule has 0 aromatic rings. The Kier molecular flexibility index (Phi) is 11.5. The number of alkyl carbamates (subject to hydrolysis) is 1. The first kappa shape index (κ1) is 27.4. The van der Waals surface area contributed by atoms with Gasteiger partial charge in [-0.05, 0) is 41.0 Å². The molecule has 0 fully saturated rings. The van der Waals surface area contributed by atoms with Crippen molar-refractivity contribution in [2.45, 2.75) is 64.4 Å². The quantitative estimate of drug-likeness (QED) is 0.312. The molecule has 0 rings (SSSR count). The van der Waals surface area contributed by atoms with Crippen LogP contribution < -0.4 is 10.6 Å². The molecule has 0 aliphatic carbocycles. The van der Waals surface area contributed by atoms with E-state index in [-0.39, 0.29) is 11.1 Å². The molecule has 0 saturated carbocycles. The summed E-state index contributed by atoms with van der Waals surface area (Å²) in [5.74, 6) is -0.938. The van der Waals surface area contributed by atoms with E-state index in [1.807, 2.05) is 0 Å². The highest BCUT2D eigenvalue weighted by Gasteiger charge is 2.38. The second-order valence-electron chi connectivity index (χ2n) is 7.90. The van der Waals surface area contributed by atoms with Crippen LogP contribution in [-0.2, 0) is 19.1 Å². The average molecular weight is 452 g/mol. The number of nitrogens with zero attached hydrogens (tertiary/aromatic N) is 1. The molecular weight excluding hydrogens is 418 g/mol. The van der Waals surface area contributed by atoms with E-state index >= 15 is 0 Å². The molecule has 0 aromatic heterocycles. The Bertz CT molecular complexity index is 593. The van der Waals surface area contributed by atoms with Crippen molar-refractivity contribution < 1.29 is 28.7 Å². The smallest absolute Gasteiger partial charge is 0.407 e. The van der Waals surface area contributed by atoms with Crippen molar-refractivity contribution in [2.24, 2.45) is 0 Å². The Labute approximate surface area is 180 Å². The van der Waals surface area contributed by atoms with Crippen molar-refractivity contribution in [2.75, 3.05) is 27.2 Å². The van der Waals surface area contributed by atoms with Crippen LogP contribution in [0.2, 0.25) is 0 Å². The molecule has 0 aliphatic heterocycles. The number of esters is 1. The summed E-state index contributed by atoms with van der Waals surface area (Å²) in [6.07, 6.45) is 0.0669. The van der Waals surface area contributed by atoms with Crippen molar-refractivity contribution in [3.8, 4) is 0 Å². The van der Waals surface area contributed by atoms with Gasteiger partial charge >= 0.3 is 12.1 Å². The van der Waals surface area contributed by atoms with Crippen LogP contribution in [0.5, 0.6) is 0 Å². The SMILES string of the molecule is COC(=O)C(NC(C)=O)C(C)(C)SSC(=O)N(C)CCCNC(=O)OC(C)(C)C. The average Bonchev–Trinajstić information content (AvgIpc) is 2.58. The molecule has 0 aliphatic rings. The predicted molar refractivity (Wildman–Crippen MR) is 116 cm³/mol. The first-order chi connectivity index (χ1) is 13.2. The maximum atomic E-state index is 12.3. The van der Waals surface area contributed by atoms with E-state index < -0.39 is 28.5 Å². The number of nitrogens with one attached hydrogen (secondary N) is 2. The molecule has 9 nitrogen and oxygen atoms in total. The number of carbonyl (C=O) groups is 4. The molecule has 0 heterocycles. The molecule has 11 heteroatoms. The number of hydrogen-bond donors (Lipinski definition) is 2. The van der Waals surface area contributed by atoms with Crippen LogP contribution in [0.15, 0.2) is 0 Å². The van der Waals surface area contributed by atoms with Crippen LogP contribution in [0.3, 0.4) is 0 Å². The summed E-state index contributed by atoms with van der Waals surface area (Å²) in [6, 6.07) is -0.890. The van der Waals surface area contributed by atoms with Crippen molar-refractivity contribution in [3.63, 3.8) is 0 Å². The highest BCUT2D eigenvalue weighted by Crippen LogP contribution is 2.39. The predicted octanol–water partition coefficient (Wildman–Crippen LogP) is 2.79. The van der Waals surface area contributed by atoms with Gasteiger partial charge in [-0.3, -0.25) is 9.59 Å². The summed E-state index contributed by atoms with van der Waals surface area (Å²) in [5, 5.41) is 5.00. The zero-order valence-electron chi connectivity index (χ0n) is 18.4. The molecule has 3 amide bonds. The zero-order chi connectivity index (χ0) is 22.8. The number of methoxy groups -OCH3 is 1. The summed E-state index contributed by atoms with van der Waals surface area (Å²) >= 11 is 0. The monoisotopic (exact) mass is 451 g/mol. The van der Waals surface area contributed by atoms with Crippen molar-refractivity contribution in [3.05, 3.63) is 0 Å². The molecule has 0 saturated heterocycles. The van der Waals surface area contributed by atoms with Gasteiger partial charge in [-0.25, -0.2) is 9.59 Å². The normalized spacial score (nSPS) is 12.6. The maximum absolute atomic E-state index is 12.3. The van der Waals surface area contributed by atoms with Crippen molar-refractivity contribution in [1.29, 1.82) is 0 Å². The second-order valence-corrected chi connectivity index (χ2v) is 10.6. The van der Waals surface area contributed by atoms with Gasteiger partial charge in [-0.15, -0.1) is 0 Å². The van der Waals surface area contributed by atoms with Crippen molar-refractivity contribution in [1.82, 2.24) is 15.5 Å². The fourth-order valence-electron chi connectivity index (χ4n) is 2.00. The third-order valence-corrected chi connectivity index (χ3v) is 6.63. The molecule has 168 valence electrons. The minimum atomic E-state index is -0.890. The maximum Gasteiger partial charge on any atom is 0.407 e. The van der Waals surface area contributed by atoms with Crippen LogP contribution in [0, 0.1) is 0 Å². The molecule has 0 aromatic carbocycles. The summed E-state index contributed by atoms with van der Waals surface area (Å²) in [6.45, 7) is 11.0. The topological polar surface area (TPSA) is 114 Å². The Morgan fingerprint density at radius 1 is 1.10 bits per heavy atom. The lowest BCUT2D eigenvalue weighted by Gasteiger charge is -2.31. The first-order valence-electron chi connectivity index (χ1n) is 9.12. The molecule has 1 unspecified atom stereocenters. The Morgan fingerprint density at radius 2 is 1.69 bits per heavy atom. The van der Waals surface area contributed by atoms with Crippen LogP contribution in [-0.4, -0.2) is 71.7 Å². The second kappa shape index (κ2) is 12.2. The fourth-order valence-corrected chi connectivity index (χ4v) is 4.29. The Morgan fingerprint density at radius 3 is 2.17 bits per heavy atom. The number of ether oxygens (including phenoxy) is 2. The largest absolute Gasteiger partial charge is 0.467 e. The summed E-state index contributed by atoms with van der Waals surface area (Å²) in [4.78, 5) is 48.8. The summed E-state index contributed by atoms with van der Waals surface area (Å²) < 4.78 is 9.11. The minimum Gasteiger partial charge on any atom is -0.467 e. The molecule has 2 N–H and O–H groups in total. The number of hydrogen-bond acceptors (Lipinski definition) is 8. The van der Waals surface area contributed by atoms with Crippen LogP contribution in [0.1, 0.15) is 48.0 Å². The van der Waals surface area contributed by atoms with E-state index in [0.29, 0.717) is 19.5 Å². The van der Waals surface area contributed by atoms with Crippen LogP contribution in [0.25, 0.3) is 0 Å². The van der Waals surface area contributed by atoms with Gasteiger partial charge in [-0.1, -0.05) is 10.8 Å². The molecule has 0 bridgehead atoms. The summed E-state index contributed by atoms with van der Waals surface area (Å²) in [5.41, 5.74) is -0.559. The standard InChI is InChI=1S/C18H33N3O6S2/c1-12(22)20-13(14(23)26-8)18(5,6)29-28-16(25)21(7)11-9-10-19-15(24)27-17(2,3)4/h13H,9-11H2,1-8H3,(H,19,24)(H,20,22). The van der Waals surface area contributed by atoms with E-state index in [1.165, 1.54) is 29.7 Å². The van der Waals surface area contributed by atoms with Gasteiger partial charge in [0.2, 0.25) is 5.91 Å². The Hall–Kier alpha value is -1.62. The Balaban J connectivity index is 4.47. The molecule has 1 atom stereocenters. The highest BCUT2D eigenvalue weighted by molar-refractivity contribution is 8.82. The summed E-state index contributed by atoms with van der Waals surface area (Å²) in [7, 11) is 5.06. The van der Waals surface area contributed by atoms with Crippen molar-refractivity contribution >= 4 is 44.8 Å². The van der Waals surface area contributed by atoms with E-state index in [4.69, 9.17) is 9.47 Å². The van der Waals surface area contributed by atoms with Gasteiger partial charge in [0.25, 0.3) is 5.24 Å². The van der Waals surface area contributed by atoms with E-state index in [1.54, 1.807) is 41.7 Å². The van der Waals surface area contributed by atoms with Gasteiger partial charge in [-0.2, -0.15) is 0 Å². The minimum absolute atomic E-state index is 0.202. The molecule has 0 radical (unpaired) electrons. The van der Waals surface area contributed by atoms with Gasteiger partial charge in [0, 0.05) is 37.9 Å². The number of carbonyl (C=O) groups excluding carboxylic acids is 4. The van der Waals surface area contributed by atoms with Crippen LogP contribution in [0.4, 0.5) is 9.59 Å². The number of amides is 3. The first-order valence-corrected chi connectivity index (χ1v) is 11.3. The van der Waals surface area contributed by atoms with E-state index in [0.717, 1.165) is 10.8 Å². The third kappa shape index (κ3) is 11.8. The molecule has 29 heavy (non-hydrogen) atoms. The lowest BCUT2D eigenvalue weighted by atomic mass is 10.0. The number of rotatable bonds is 9. The van der Waals surface area contributed by atoms with Gasteiger partial charge in [0.15, 0.2) is 0 Å².